The van der Waals surface area contributed by atoms with Gasteiger partial charge in [-0.3, -0.25) is 4.79 Å². The van der Waals surface area contributed by atoms with E-state index < -0.39 is 5.54 Å². The first-order chi connectivity index (χ1) is 9.53. The van der Waals surface area contributed by atoms with Gasteiger partial charge in [0.05, 0.1) is 17.4 Å². The summed E-state index contributed by atoms with van der Waals surface area (Å²) in [6.45, 7) is 4.11. The Hall–Kier alpha value is -1.92. The number of rotatable bonds is 5. The molecule has 21 heavy (non-hydrogen) atoms. The number of halogens is 1. The fourth-order valence-corrected chi connectivity index (χ4v) is 1.86. The molecule has 0 spiro atoms. The van der Waals surface area contributed by atoms with Crippen molar-refractivity contribution in [2.24, 2.45) is 5.73 Å². The lowest BCUT2D eigenvalue weighted by Crippen LogP contribution is -2.41. The van der Waals surface area contributed by atoms with Gasteiger partial charge in [0, 0.05) is 13.0 Å². The van der Waals surface area contributed by atoms with Crippen molar-refractivity contribution in [2.45, 2.75) is 25.8 Å². The van der Waals surface area contributed by atoms with Crippen LogP contribution in [0.2, 0.25) is 0 Å². The summed E-state index contributed by atoms with van der Waals surface area (Å²) >= 11 is 0. The summed E-state index contributed by atoms with van der Waals surface area (Å²) < 4.78 is 1.69. The maximum absolute atomic E-state index is 11.7. The van der Waals surface area contributed by atoms with Crippen LogP contribution in [0, 0.1) is 0 Å². The maximum atomic E-state index is 11.7. The van der Waals surface area contributed by atoms with Crippen molar-refractivity contribution in [3.05, 3.63) is 42.2 Å². The van der Waals surface area contributed by atoms with Crippen molar-refractivity contribution in [3.8, 4) is 5.69 Å². The molecular weight excluding hydrogens is 290 g/mol. The molecule has 0 saturated carbocycles. The van der Waals surface area contributed by atoms with Crippen LogP contribution in [0.5, 0.6) is 0 Å². The molecule has 2 rings (SSSR count). The molecule has 0 bridgehead atoms. The molecule has 0 aliphatic heterocycles. The summed E-state index contributed by atoms with van der Waals surface area (Å²) in [4.78, 5) is 11.7. The highest BCUT2D eigenvalue weighted by Crippen LogP contribution is 2.18. The molecule has 0 unspecified atom stereocenters. The lowest BCUT2D eigenvalue weighted by Gasteiger charge is -2.23. The molecule has 0 atom stereocenters. The number of aromatic nitrogens is 3. The number of hydrogen-bond acceptors (Lipinski definition) is 4. The Morgan fingerprint density at radius 3 is 2.62 bits per heavy atom. The highest BCUT2D eigenvalue weighted by Gasteiger charge is 2.26. The highest BCUT2D eigenvalue weighted by atomic mass is 35.5. The fraction of sp³-hybridized carbons (Fsp3) is 0.357. The summed E-state index contributed by atoms with van der Waals surface area (Å²) in [5.41, 5.74) is 6.42. The van der Waals surface area contributed by atoms with Gasteiger partial charge in [-0.15, -0.1) is 17.5 Å². The number of benzene rings is 1. The van der Waals surface area contributed by atoms with Crippen LogP contribution in [0.1, 0.15) is 26.0 Å². The van der Waals surface area contributed by atoms with Crippen LogP contribution in [0.25, 0.3) is 5.69 Å². The SMILES string of the molecule is CC(C)(NC(=O)CCN)c1cn(-c2ccccc2)nn1.Cl. The molecule has 3 N–H and O–H groups in total. The number of carbonyl (C=O) groups is 1. The molecule has 1 aromatic heterocycles. The number of carbonyl (C=O) groups excluding carboxylic acids is 1. The van der Waals surface area contributed by atoms with Gasteiger partial charge >= 0.3 is 0 Å². The first-order valence-electron chi connectivity index (χ1n) is 6.52. The molecule has 0 aliphatic rings. The number of nitrogens with one attached hydrogen (secondary N) is 1. The quantitative estimate of drug-likeness (QED) is 0.874. The summed E-state index contributed by atoms with van der Waals surface area (Å²) in [6.07, 6.45) is 2.12. The van der Waals surface area contributed by atoms with Gasteiger partial charge in [-0.05, 0) is 26.0 Å². The standard InChI is InChI=1S/C14H19N5O.ClH/c1-14(2,16-13(20)8-9-15)12-10-19(18-17-12)11-6-4-3-5-7-11;/h3-7,10H,8-9,15H2,1-2H3,(H,16,20);1H. The van der Waals surface area contributed by atoms with E-state index in [1.54, 1.807) is 4.68 Å². The van der Waals surface area contributed by atoms with Gasteiger partial charge in [0.25, 0.3) is 0 Å². The zero-order valence-electron chi connectivity index (χ0n) is 12.1. The predicted octanol–water partition coefficient (Wildman–Crippen LogP) is 1.39. The Morgan fingerprint density at radius 1 is 1.33 bits per heavy atom. The van der Waals surface area contributed by atoms with Crippen molar-refractivity contribution < 1.29 is 4.79 Å². The van der Waals surface area contributed by atoms with Crippen LogP contribution in [-0.4, -0.2) is 27.4 Å². The Morgan fingerprint density at radius 2 is 2.00 bits per heavy atom. The predicted molar refractivity (Wildman–Crippen MR) is 83.4 cm³/mol. The minimum atomic E-state index is -0.584. The molecule has 6 nitrogen and oxygen atoms in total. The molecule has 0 saturated heterocycles. The molecular formula is C14H20ClN5O. The van der Waals surface area contributed by atoms with Crippen LogP contribution < -0.4 is 11.1 Å². The molecule has 1 aromatic carbocycles. The van der Waals surface area contributed by atoms with E-state index in [9.17, 15) is 4.79 Å². The van der Waals surface area contributed by atoms with Crippen LogP contribution in [-0.2, 0) is 10.3 Å². The molecule has 0 radical (unpaired) electrons. The number of nitrogens with two attached hydrogens (primary N) is 1. The summed E-state index contributed by atoms with van der Waals surface area (Å²) in [7, 11) is 0. The Labute approximate surface area is 130 Å². The molecule has 114 valence electrons. The zero-order chi connectivity index (χ0) is 14.6. The average molecular weight is 310 g/mol. The van der Waals surface area contributed by atoms with E-state index in [-0.39, 0.29) is 18.3 Å². The average Bonchev–Trinajstić information content (AvgIpc) is 2.90. The molecule has 0 fully saturated rings. The first-order valence-corrected chi connectivity index (χ1v) is 6.52. The zero-order valence-corrected chi connectivity index (χ0v) is 12.9. The highest BCUT2D eigenvalue weighted by molar-refractivity contribution is 5.85. The maximum Gasteiger partial charge on any atom is 0.221 e. The van der Waals surface area contributed by atoms with Gasteiger partial charge in [-0.2, -0.15) is 0 Å². The van der Waals surface area contributed by atoms with E-state index in [0.29, 0.717) is 18.7 Å². The number of hydrogen-bond donors (Lipinski definition) is 2. The smallest absolute Gasteiger partial charge is 0.221 e. The fourth-order valence-electron chi connectivity index (χ4n) is 1.86. The van der Waals surface area contributed by atoms with Gasteiger partial charge in [0.1, 0.15) is 5.69 Å². The van der Waals surface area contributed by atoms with Crippen LogP contribution >= 0.6 is 12.4 Å². The largest absolute Gasteiger partial charge is 0.345 e. The molecule has 0 aliphatic carbocycles. The third-order valence-electron chi connectivity index (χ3n) is 2.98. The molecule has 1 heterocycles. The summed E-state index contributed by atoms with van der Waals surface area (Å²) in [5.74, 6) is -0.0910. The van der Waals surface area contributed by atoms with E-state index in [4.69, 9.17) is 5.73 Å². The minimum Gasteiger partial charge on any atom is -0.345 e. The van der Waals surface area contributed by atoms with Gasteiger partial charge in [-0.1, -0.05) is 23.4 Å². The van der Waals surface area contributed by atoms with E-state index in [1.807, 2.05) is 50.4 Å². The monoisotopic (exact) mass is 309 g/mol. The summed E-state index contributed by atoms with van der Waals surface area (Å²) in [6, 6.07) is 9.70. The van der Waals surface area contributed by atoms with Crippen molar-refractivity contribution in [1.82, 2.24) is 20.3 Å². The van der Waals surface area contributed by atoms with Crippen LogP contribution in [0.3, 0.4) is 0 Å². The van der Waals surface area contributed by atoms with E-state index in [0.717, 1.165) is 5.69 Å². The lowest BCUT2D eigenvalue weighted by molar-refractivity contribution is -0.122. The Balaban J connectivity index is 0.00000220. The Kier molecular flexibility index (Phi) is 5.87. The lowest BCUT2D eigenvalue weighted by atomic mass is 10.0. The van der Waals surface area contributed by atoms with Gasteiger partial charge in [0.2, 0.25) is 5.91 Å². The molecule has 1 amide bonds. The topological polar surface area (TPSA) is 85.8 Å². The second-order valence-corrected chi connectivity index (χ2v) is 5.10. The summed E-state index contributed by atoms with van der Waals surface area (Å²) in [5, 5.41) is 11.1. The van der Waals surface area contributed by atoms with E-state index in [2.05, 4.69) is 15.6 Å². The van der Waals surface area contributed by atoms with E-state index in [1.165, 1.54) is 0 Å². The minimum absolute atomic E-state index is 0. The van der Waals surface area contributed by atoms with Crippen LogP contribution in [0.15, 0.2) is 36.5 Å². The third-order valence-corrected chi connectivity index (χ3v) is 2.98. The van der Waals surface area contributed by atoms with Crippen molar-refractivity contribution in [3.63, 3.8) is 0 Å². The van der Waals surface area contributed by atoms with Gasteiger partial charge in [-0.25, -0.2) is 4.68 Å². The first kappa shape index (κ1) is 17.1. The Bertz CT molecular complexity index is 582. The van der Waals surface area contributed by atoms with Crippen molar-refractivity contribution in [1.29, 1.82) is 0 Å². The van der Waals surface area contributed by atoms with Gasteiger partial charge in [0.15, 0.2) is 0 Å². The van der Waals surface area contributed by atoms with Gasteiger partial charge < -0.3 is 11.1 Å². The number of nitrogens with zero attached hydrogens (tertiary/aromatic N) is 3. The van der Waals surface area contributed by atoms with E-state index >= 15 is 0 Å². The van der Waals surface area contributed by atoms with Crippen molar-refractivity contribution >= 4 is 18.3 Å². The molecule has 2 aromatic rings. The molecule has 7 heteroatoms. The number of amides is 1. The third kappa shape index (κ3) is 4.27. The van der Waals surface area contributed by atoms with Crippen molar-refractivity contribution in [2.75, 3.05) is 6.54 Å². The second-order valence-electron chi connectivity index (χ2n) is 5.10. The normalized spacial score (nSPS) is 10.8. The number of para-hydroxylation sites is 1. The second kappa shape index (κ2) is 7.19. The van der Waals surface area contributed by atoms with Crippen LogP contribution in [0.4, 0.5) is 0 Å².